The number of nitrogens with zero attached hydrogens (tertiary/aromatic N) is 2. The molecule has 0 unspecified atom stereocenters. The van der Waals surface area contributed by atoms with E-state index in [-0.39, 0.29) is 11.6 Å². The Labute approximate surface area is 150 Å². The van der Waals surface area contributed by atoms with Gasteiger partial charge in [0.15, 0.2) is 0 Å². The average Bonchev–Trinajstić information content (AvgIpc) is 2.53. The molecule has 0 bridgehead atoms. The van der Waals surface area contributed by atoms with E-state index in [0.29, 0.717) is 13.1 Å². The van der Waals surface area contributed by atoms with Crippen LogP contribution >= 0.6 is 0 Å². The Kier molecular flexibility index (Phi) is 6.02. The van der Waals surface area contributed by atoms with E-state index in [4.69, 9.17) is 4.74 Å². The van der Waals surface area contributed by atoms with Crippen molar-refractivity contribution < 1.29 is 9.53 Å². The highest BCUT2D eigenvalue weighted by molar-refractivity contribution is 5.74. The number of hydrogen-bond acceptors (Lipinski definition) is 3. The van der Waals surface area contributed by atoms with Gasteiger partial charge in [0, 0.05) is 38.1 Å². The third kappa shape index (κ3) is 6.10. The second-order valence-electron chi connectivity index (χ2n) is 7.20. The van der Waals surface area contributed by atoms with Crippen molar-refractivity contribution in [1.82, 2.24) is 15.2 Å². The second kappa shape index (κ2) is 8.01. The summed E-state index contributed by atoms with van der Waals surface area (Å²) in [6, 6.07) is 9.71. The Balaban J connectivity index is 1.99. The molecule has 2 aromatic rings. The number of urea groups is 1. The monoisotopic (exact) mass is 341 g/mol. The van der Waals surface area contributed by atoms with E-state index in [0.717, 1.165) is 22.4 Å². The normalized spacial score (nSPS) is 11.1. The third-order valence-electron chi connectivity index (χ3n) is 3.58. The van der Waals surface area contributed by atoms with E-state index < -0.39 is 0 Å². The fourth-order valence-electron chi connectivity index (χ4n) is 2.37. The maximum Gasteiger partial charge on any atom is 0.317 e. The van der Waals surface area contributed by atoms with Gasteiger partial charge in [0.25, 0.3) is 0 Å². The van der Waals surface area contributed by atoms with Gasteiger partial charge in [-0.1, -0.05) is 12.1 Å². The quantitative estimate of drug-likeness (QED) is 0.897. The number of rotatable bonds is 5. The van der Waals surface area contributed by atoms with Crippen LogP contribution in [0.2, 0.25) is 0 Å². The number of aromatic nitrogens is 1. The molecule has 0 fully saturated rings. The number of aryl methyl sites for hydroxylation is 1. The van der Waals surface area contributed by atoms with Gasteiger partial charge in [0.05, 0.1) is 0 Å². The summed E-state index contributed by atoms with van der Waals surface area (Å²) in [5.74, 6) is 0.810. The van der Waals surface area contributed by atoms with E-state index in [1.807, 2.05) is 58.0 Å². The van der Waals surface area contributed by atoms with Gasteiger partial charge in [-0.2, -0.15) is 0 Å². The van der Waals surface area contributed by atoms with Gasteiger partial charge < -0.3 is 15.0 Å². The summed E-state index contributed by atoms with van der Waals surface area (Å²) in [7, 11) is 1.78. The molecule has 0 saturated heterocycles. The van der Waals surface area contributed by atoms with Crippen LogP contribution in [0.15, 0.2) is 42.7 Å². The van der Waals surface area contributed by atoms with Crippen LogP contribution < -0.4 is 10.1 Å². The Hall–Kier alpha value is -2.56. The van der Waals surface area contributed by atoms with Crippen LogP contribution in [-0.2, 0) is 13.1 Å². The molecule has 0 aliphatic carbocycles. The minimum atomic E-state index is -0.287. The molecule has 0 aliphatic heterocycles. The fraction of sp³-hybridized carbons (Fsp3) is 0.400. The first-order valence-corrected chi connectivity index (χ1v) is 8.41. The van der Waals surface area contributed by atoms with Crippen molar-refractivity contribution in [2.45, 2.75) is 46.4 Å². The summed E-state index contributed by atoms with van der Waals surface area (Å²) in [6.45, 7) is 9.03. The number of benzene rings is 1. The molecule has 5 heteroatoms. The summed E-state index contributed by atoms with van der Waals surface area (Å²) in [6.07, 6.45) is 3.45. The third-order valence-corrected chi connectivity index (χ3v) is 3.58. The number of hydrogen-bond donors (Lipinski definition) is 1. The van der Waals surface area contributed by atoms with E-state index in [1.165, 1.54) is 0 Å². The molecule has 1 heterocycles. The minimum absolute atomic E-state index is 0.126. The van der Waals surface area contributed by atoms with Gasteiger partial charge in [0.1, 0.15) is 11.4 Å². The summed E-state index contributed by atoms with van der Waals surface area (Å²) >= 11 is 0. The Morgan fingerprint density at radius 2 is 1.88 bits per heavy atom. The molecule has 1 aromatic carbocycles. The first-order valence-electron chi connectivity index (χ1n) is 8.41. The van der Waals surface area contributed by atoms with Gasteiger partial charge in [-0.15, -0.1) is 0 Å². The Morgan fingerprint density at radius 3 is 2.52 bits per heavy atom. The van der Waals surface area contributed by atoms with Crippen molar-refractivity contribution in [3.05, 3.63) is 59.4 Å². The molecule has 0 spiro atoms. The van der Waals surface area contributed by atoms with Gasteiger partial charge >= 0.3 is 6.03 Å². The molecule has 0 saturated carbocycles. The first-order chi connectivity index (χ1) is 11.7. The molecule has 1 N–H and O–H groups in total. The van der Waals surface area contributed by atoms with Crippen LogP contribution in [0.4, 0.5) is 4.79 Å². The van der Waals surface area contributed by atoms with Crippen molar-refractivity contribution >= 4 is 6.03 Å². The minimum Gasteiger partial charge on any atom is -0.488 e. The van der Waals surface area contributed by atoms with Crippen LogP contribution in [0.1, 0.15) is 37.5 Å². The molecule has 2 amide bonds. The van der Waals surface area contributed by atoms with Crippen molar-refractivity contribution in [2.24, 2.45) is 0 Å². The van der Waals surface area contributed by atoms with Crippen molar-refractivity contribution in [3.8, 4) is 5.75 Å². The number of carbonyl (C=O) groups is 1. The van der Waals surface area contributed by atoms with E-state index >= 15 is 0 Å². The van der Waals surface area contributed by atoms with Gasteiger partial charge in [-0.3, -0.25) is 4.98 Å². The van der Waals surface area contributed by atoms with Crippen molar-refractivity contribution in [2.75, 3.05) is 7.05 Å². The lowest BCUT2D eigenvalue weighted by atomic mass is 10.1. The van der Waals surface area contributed by atoms with Gasteiger partial charge in [0.2, 0.25) is 0 Å². The summed E-state index contributed by atoms with van der Waals surface area (Å²) in [5.41, 5.74) is 2.85. The van der Waals surface area contributed by atoms with E-state index in [2.05, 4.69) is 10.3 Å². The molecule has 1 aromatic heterocycles. The molecule has 0 radical (unpaired) electrons. The van der Waals surface area contributed by atoms with E-state index in [9.17, 15) is 4.79 Å². The maximum absolute atomic E-state index is 12.3. The zero-order valence-electron chi connectivity index (χ0n) is 15.7. The zero-order chi connectivity index (χ0) is 18.4. The summed E-state index contributed by atoms with van der Waals surface area (Å²) < 4.78 is 6.03. The zero-order valence-corrected chi connectivity index (χ0v) is 15.7. The topological polar surface area (TPSA) is 54.5 Å². The molecule has 0 aliphatic rings. The highest BCUT2D eigenvalue weighted by Crippen LogP contribution is 2.24. The SMILES string of the molecule is Cc1ccc(CNC(=O)N(C)Cc2ccncc2)c(OC(C)(C)C)c1. The summed E-state index contributed by atoms with van der Waals surface area (Å²) in [5, 5.41) is 2.96. The van der Waals surface area contributed by atoms with Crippen molar-refractivity contribution in [3.63, 3.8) is 0 Å². The average molecular weight is 341 g/mol. The highest BCUT2D eigenvalue weighted by atomic mass is 16.5. The van der Waals surface area contributed by atoms with Crippen LogP contribution in [-0.4, -0.2) is 28.6 Å². The first kappa shape index (κ1) is 18.8. The van der Waals surface area contributed by atoms with Crippen LogP contribution in [0.3, 0.4) is 0 Å². The molecule has 25 heavy (non-hydrogen) atoms. The number of ether oxygens (including phenoxy) is 1. The largest absolute Gasteiger partial charge is 0.488 e. The molecule has 2 rings (SSSR count). The van der Waals surface area contributed by atoms with Crippen LogP contribution in [0.25, 0.3) is 0 Å². The predicted molar refractivity (Wildman–Crippen MR) is 99.5 cm³/mol. The second-order valence-corrected chi connectivity index (χ2v) is 7.20. The molecule has 134 valence electrons. The predicted octanol–water partition coefficient (Wildman–Crippen LogP) is 3.91. The molecule has 0 atom stereocenters. The summed E-state index contributed by atoms with van der Waals surface area (Å²) in [4.78, 5) is 18.0. The molecule has 5 nitrogen and oxygen atoms in total. The van der Waals surface area contributed by atoms with Crippen LogP contribution in [0, 0.1) is 6.92 Å². The lowest BCUT2D eigenvalue weighted by Crippen LogP contribution is -2.36. The number of amides is 2. The van der Waals surface area contributed by atoms with Gasteiger partial charge in [-0.05, 0) is 57.0 Å². The number of carbonyl (C=O) groups excluding carboxylic acids is 1. The molecular formula is C20H27N3O2. The van der Waals surface area contributed by atoms with E-state index in [1.54, 1.807) is 24.3 Å². The number of pyridine rings is 1. The lowest BCUT2D eigenvalue weighted by molar-refractivity contribution is 0.129. The standard InChI is InChI=1S/C20H27N3O2/c1-15-6-7-17(18(12-15)25-20(2,3)4)13-22-19(24)23(5)14-16-8-10-21-11-9-16/h6-12H,13-14H2,1-5H3,(H,22,24). The Bertz CT molecular complexity index is 709. The molecular weight excluding hydrogens is 314 g/mol. The lowest BCUT2D eigenvalue weighted by Gasteiger charge is -2.24. The van der Waals surface area contributed by atoms with Crippen molar-refractivity contribution in [1.29, 1.82) is 0 Å². The highest BCUT2D eigenvalue weighted by Gasteiger charge is 2.16. The van der Waals surface area contributed by atoms with Crippen LogP contribution in [0.5, 0.6) is 5.75 Å². The fourth-order valence-corrected chi connectivity index (χ4v) is 2.37. The Morgan fingerprint density at radius 1 is 1.20 bits per heavy atom. The number of nitrogens with one attached hydrogen (secondary N) is 1. The smallest absolute Gasteiger partial charge is 0.317 e. The maximum atomic E-state index is 12.3. The van der Waals surface area contributed by atoms with Gasteiger partial charge in [-0.25, -0.2) is 4.79 Å².